The van der Waals surface area contributed by atoms with E-state index in [-0.39, 0.29) is 43.7 Å². The molecule has 0 spiro atoms. The molecule has 4 atom stereocenters. The number of likely N-dealkylation sites (tertiary alicyclic amines) is 1. The summed E-state index contributed by atoms with van der Waals surface area (Å²) in [6.45, 7) is 2.15. The minimum Gasteiger partial charge on any atom is -0.444 e. The molecule has 2 heterocycles. The number of amides is 3. The molecule has 0 bridgehead atoms. The average molecular weight is 532 g/mol. The minimum absolute atomic E-state index is 0.00163. The first-order valence-electron chi connectivity index (χ1n) is 13.6. The summed E-state index contributed by atoms with van der Waals surface area (Å²) in [5.74, 6) is -2.17. The van der Waals surface area contributed by atoms with Crippen LogP contribution >= 0.6 is 0 Å². The molecule has 0 radical (unpaired) electrons. The number of hydrogen-bond acceptors (Lipinski definition) is 7. The Morgan fingerprint density at radius 3 is 2.61 bits per heavy atom. The van der Waals surface area contributed by atoms with Crippen LogP contribution in [0.5, 0.6) is 0 Å². The van der Waals surface area contributed by atoms with E-state index >= 15 is 0 Å². The number of rotatable bonds is 8. The van der Waals surface area contributed by atoms with Gasteiger partial charge in [0.05, 0.1) is 25.1 Å². The molecule has 2 unspecified atom stereocenters. The summed E-state index contributed by atoms with van der Waals surface area (Å²) in [5.41, 5.74) is 7.55. The highest BCUT2D eigenvalue weighted by atomic mass is 19.1. The first kappa shape index (κ1) is 28.3. The summed E-state index contributed by atoms with van der Waals surface area (Å²) >= 11 is 0. The number of carbonyl (C=O) groups is 3. The zero-order chi connectivity index (χ0) is 27.4. The molecule has 1 aromatic carbocycles. The van der Waals surface area contributed by atoms with Gasteiger partial charge in [0.1, 0.15) is 18.0 Å². The first-order valence-corrected chi connectivity index (χ1v) is 13.6. The van der Waals surface area contributed by atoms with Crippen molar-refractivity contribution in [3.63, 3.8) is 0 Å². The molecule has 4 rings (SSSR count). The van der Waals surface area contributed by atoms with E-state index in [1.807, 2.05) is 6.92 Å². The van der Waals surface area contributed by atoms with E-state index in [1.165, 1.54) is 15.9 Å². The Bertz CT molecular complexity index is 1020. The van der Waals surface area contributed by atoms with Gasteiger partial charge in [-0.2, -0.15) is 0 Å². The highest BCUT2D eigenvalue weighted by molar-refractivity contribution is 6.43. The van der Waals surface area contributed by atoms with Crippen LogP contribution in [-0.4, -0.2) is 75.5 Å². The standard InChI is InChI=1S/C26H38BFN4O6/c1-2-7-22(27(36)37)30-24(33)21-12-18(14-32(21)25(34)23(29)16-8-4-3-5-9-16)38-26(35)31-13-17-10-6-11-20(28)19(17)15-31/h6,10-11,16,18,21-23,36-37H,2-5,7-9,12-15,29H2,1H3,(H,30,33)/t18?,21?,22-,23-/m0/s1. The molecule has 3 aliphatic rings. The number of carbonyl (C=O) groups excluding carboxylic acids is 3. The third-order valence-electron chi connectivity index (χ3n) is 8.03. The van der Waals surface area contributed by atoms with Gasteiger partial charge in [-0.25, -0.2) is 9.18 Å². The van der Waals surface area contributed by atoms with Crippen LogP contribution in [0.1, 0.15) is 69.4 Å². The van der Waals surface area contributed by atoms with Gasteiger partial charge < -0.3 is 30.7 Å². The second-order valence-electron chi connectivity index (χ2n) is 10.7. The summed E-state index contributed by atoms with van der Waals surface area (Å²) in [7, 11) is -1.75. The predicted octanol–water partition coefficient (Wildman–Crippen LogP) is 1.45. The molecular weight excluding hydrogens is 494 g/mol. The van der Waals surface area contributed by atoms with Gasteiger partial charge in [-0.3, -0.25) is 14.5 Å². The summed E-state index contributed by atoms with van der Waals surface area (Å²) in [4.78, 5) is 42.5. The van der Waals surface area contributed by atoms with E-state index in [0.29, 0.717) is 24.0 Å². The van der Waals surface area contributed by atoms with Gasteiger partial charge in [0, 0.05) is 18.5 Å². The topological polar surface area (TPSA) is 145 Å². The Morgan fingerprint density at radius 2 is 1.95 bits per heavy atom. The molecule has 2 aliphatic heterocycles. The Labute approximate surface area is 222 Å². The van der Waals surface area contributed by atoms with Crippen molar-refractivity contribution in [3.8, 4) is 0 Å². The number of fused-ring (bicyclic) bond motifs is 1. The van der Waals surface area contributed by atoms with Crippen molar-refractivity contribution < 1.29 is 33.6 Å². The zero-order valence-electron chi connectivity index (χ0n) is 21.9. The number of nitrogens with zero attached hydrogens (tertiary/aromatic N) is 2. The fraction of sp³-hybridized carbons (Fsp3) is 0.654. The van der Waals surface area contributed by atoms with E-state index in [0.717, 1.165) is 32.1 Å². The Hall–Kier alpha value is -2.70. The van der Waals surface area contributed by atoms with Gasteiger partial charge in [-0.1, -0.05) is 44.7 Å². The third kappa shape index (κ3) is 6.30. The Morgan fingerprint density at radius 1 is 1.21 bits per heavy atom. The summed E-state index contributed by atoms with van der Waals surface area (Å²) in [6, 6.07) is 2.96. The van der Waals surface area contributed by atoms with Crippen LogP contribution in [0.15, 0.2) is 18.2 Å². The molecule has 3 amide bonds. The number of halogens is 1. The van der Waals surface area contributed by atoms with E-state index in [1.54, 1.807) is 12.1 Å². The van der Waals surface area contributed by atoms with Crippen molar-refractivity contribution in [2.24, 2.45) is 11.7 Å². The van der Waals surface area contributed by atoms with Crippen molar-refractivity contribution in [1.29, 1.82) is 0 Å². The molecule has 10 nitrogen and oxygen atoms in total. The van der Waals surface area contributed by atoms with Gasteiger partial charge in [0.15, 0.2) is 0 Å². The minimum atomic E-state index is -1.75. The smallest absolute Gasteiger partial charge is 0.444 e. The van der Waals surface area contributed by atoms with E-state index in [2.05, 4.69) is 5.32 Å². The molecule has 0 aromatic heterocycles. The highest BCUT2D eigenvalue weighted by Gasteiger charge is 2.45. The van der Waals surface area contributed by atoms with Gasteiger partial charge in [-0.15, -0.1) is 0 Å². The molecule has 5 N–H and O–H groups in total. The van der Waals surface area contributed by atoms with Crippen molar-refractivity contribution in [2.45, 2.75) is 95.5 Å². The number of nitrogens with two attached hydrogens (primary N) is 1. The lowest BCUT2D eigenvalue weighted by atomic mass is 9.76. The number of nitrogens with one attached hydrogen (secondary N) is 1. The largest absolute Gasteiger partial charge is 0.475 e. The molecule has 1 saturated carbocycles. The molecule has 208 valence electrons. The molecular formula is C26H38BFN4O6. The van der Waals surface area contributed by atoms with Gasteiger partial charge in [0.25, 0.3) is 0 Å². The summed E-state index contributed by atoms with van der Waals surface area (Å²) < 4.78 is 19.8. The third-order valence-corrected chi connectivity index (χ3v) is 8.03. The average Bonchev–Trinajstić information content (AvgIpc) is 3.53. The van der Waals surface area contributed by atoms with Crippen molar-refractivity contribution in [2.75, 3.05) is 6.54 Å². The normalized spacial score (nSPS) is 23.1. The highest BCUT2D eigenvalue weighted by Crippen LogP contribution is 2.30. The lowest BCUT2D eigenvalue weighted by Crippen LogP contribution is -2.56. The molecule has 12 heteroatoms. The number of ether oxygens (including phenoxy) is 1. The summed E-state index contributed by atoms with van der Waals surface area (Å²) in [6.07, 6.45) is 4.39. The van der Waals surface area contributed by atoms with E-state index in [4.69, 9.17) is 10.5 Å². The van der Waals surface area contributed by atoms with Crippen molar-refractivity contribution in [1.82, 2.24) is 15.1 Å². The Balaban J connectivity index is 1.46. The maximum atomic E-state index is 14.1. The van der Waals surface area contributed by atoms with Crippen LogP contribution in [0.4, 0.5) is 9.18 Å². The second-order valence-corrected chi connectivity index (χ2v) is 10.7. The fourth-order valence-electron chi connectivity index (χ4n) is 5.87. The Kier molecular flexibility index (Phi) is 9.27. The van der Waals surface area contributed by atoms with Crippen molar-refractivity contribution in [3.05, 3.63) is 35.1 Å². The van der Waals surface area contributed by atoms with Crippen LogP contribution in [0.2, 0.25) is 0 Å². The molecule has 1 saturated heterocycles. The van der Waals surface area contributed by atoms with E-state index < -0.39 is 43.2 Å². The quantitative estimate of drug-likeness (QED) is 0.371. The van der Waals surface area contributed by atoms with Crippen LogP contribution in [0.3, 0.4) is 0 Å². The maximum absolute atomic E-state index is 14.1. The number of hydrogen-bond donors (Lipinski definition) is 4. The SMILES string of the molecule is CCC[C@H](NC(=O)C1CC(OC(=O)N2Cc3cccc(F)c3C2)CN1C(=O)[C@@H](N)C1CCCCC1)B(O)O. The lowest BCUT2D eigenvalue weighted by Gasteiger charge is -2.32. The molecule has 38 heavy (non-hydrogen) atoms. The van der Waals surface area contributed by atoms with Crippen LogP contribution < -0.4 is 11.1 Å². The second kappa shape index (κ2) is 12.4. The zero-order valence-corrected chi connectivity index (χ0v) is 21.9. The fourth-order valence-corrected chi connectivity index (χ4v) is 5.87. The monoisotopic (exact) mass is 532 g/mol. The van der Waals surface area contributed by atoms with Crippen LogP contribution in [0, 0.1) is 11.7 Å². The van der Waals surface area contributed by atoms with Gasteiger partial charge in [0.2, 0.25) is 11.8 Å². The molecule has 1 aliphatic carbocycles. The van der Waals surface area contributed by atoms with Gasteiger partial charge in [-0.05, 0) is 36.8 Å². The van der Waals surface area contributed by atoms with Gasteiger partial charge >= 0.3 is 13.2 Å². The maximum Gasteiger partial charge on any atom is 0.475 e. The molecule has 2 fully saturated rings. The summed E-state index contributed by atoms with van der Waals surface area (Å²) in [5, 5.41) is 22.0. The lowest BCUT2D eigenvalue weighted by molar-refractivity contribution is -0.140. The predicted molar refractivity (Wildman–Crippen MR) is 138 cm³/mol. The first-order chi connectivity index (χ1) is 18.2. The number of benzene rings is 1. The van der Waals surface area contributed by atoms with E-state index in [9.17, 15) is 28.8 Å². The van der Waals surface area contributed by atoms with Crippen molar-refractivity contribution >= 4 is 25.0 Å². The van der Waals surface area contributed by atoms with Crippen LogP contribution in [-0.2, 0) is 27.4 Å². The van der Waals surface area contributed by atoms with Crippen LogP contribution in [0.25, 0.3) is 0 Å². The molecule has 1 aromatic rings.